The summed E-state index contributed by atoms with van der Waals surface area (Å²) in [4.78, 5) is 4.32. The van der Waals surface area contributed by atoms with Crippen molar-refractivity contribution in [3.8, 4) is 0 Å². The molecule has 0 aromatic carbocycles. The van der Waals surface area contributed by atoms with Crippen LogP contribution in [0.2, 0.25) is 0 Å². The van der Waals surface area contributed by atoms with Gasteiger partial charge in [0.15, 0.2) is 0 Å². The largest absolute Gasteiger partial charge is 0.378 e. The molecule has 1 heterocycles. The molecule has 0 bridgehead atoms. The van der Waals surface area contributed by atoms with Crippen LogP contribution in [-0.2, 0) is 27.8 Å². The zero-order chi connectivity index (χ0) is 12.7. The minimum atomic E-state index is -3.10. The van der Waals surface area contributed by atoms with Crippen LogP contribution in [0.5, 0.6) is 0 Å². The number of nitrogens with zero attached hydrogens (tertiary/aromatic N) is 1. The smallest absolute Gasteiger partial charge is 0.211 e. The molecule has 0 atom stereocenters. The zero-order valence-electron chi connectivity index (χ0n) is 10.1. The lowest BCUT2D eigenvalue weighted by molar-refractivity contribution is 0.184. The molecular formula is C10H18N2O3S2. The number of methoxy groups -OCH3 is 1. The van der Waals surface area contributed by atoms with Crippen LogP contribution in [0, 0.1) is 0 Å². The molecule has 0 radical (unpaired) electrons. The third-order valence-electron chi connectivity index (χ3n) is 2.04. The van der Waals surface area contributed by atoms with Gasteiger partial charge in [-0.25, -0.2) is 18.1 Å². The van der Waals surface area contributed by atoms with Gasteiger partial charge in [0.2, 0.25) is 10.0 Å². The van der Waals surface area contributed by atoms with Gasteiger partial charge in [0.1, 0.15) is 5.01 Å². The van der Waals surface area contributed by atoms with E-state index >= 15 is 0 Å². The Morgan fingerprint density at radius 3 is 2.94 bits per heavy atom. The summed E-state index contributed by atoms with van der Waals surface area (Å²) < 4.78 is 30.3. The average Bonchev–Trinajstić information content (AvgIpc) is 2.66. The number of ether oxygens (including phenoxy) is 1. The molecule has 0 unspecified atom stereocenters. The van der Waals surface area contributed by atoms with E-state index in [2.05, 4.69) is 9.71 Å². The fourth-order valence-corrected chi connectivity index (χ4v) is 3.22. The number of hydrogen-bond donors (Lipinski definition) is 1. The Kier molecular flexibility index (Phi) is 6.04. The van der Waals surface area contributed by atoms with E-state index in [1.54, 1.807) is 7.11 Å². The van der Waals surface area contributed by atoms with E-state index in [4.69, 9.17) is 4.74 Å². The molecule has 1 N–H and O–H groups in total. The first-order valence-corrected chi connectivity index (χ1v) is 8.00. The van der Waals surface area contributed by atoms with Crippen molar-refractivity contribution in [1.29, 1.82) is 0 Å². The summed E-state index contributed by atoms with van der Waals surface area (Å²) in [5.74, 6) is 0.180. The fourth-order valence-electron chi connectivity index (χ4n) is 1.33. The highest BCUT2D eigenvalue weighted by Crippen LogP contribution is 2.10. The van der Waals surface area contributed by atoms with Gasteiger partial charge in [-0.3, -0.25) is 0 Å². The molecule has 7 heteroatoms. The second-order valence-corrected chi connectivity index (χ2v) is 6.50. The molecule has 1 aromatic heterocycles. The standard InChI is InChI=1S/C10H18N2O3S2/c1-3-6-17(13,14)11-5-4-9-8-16-10(12-9)7-15-2/h8,11H,3-7H2,1-2H3. The first-order chi connectivity index (χ1) is 8.07. The lowest BCUT2D eigenvalue weighted by Gasteiger charge is -2.03. The van der Waals surface area contributed by atoms with Gasteiger partial charge in [-0.15, -0.1) is 11.3 Å². The Morgan fingerprint density at radius 2 is 2.29 bits per heavy atom. The average molecular weight is 278 g/mol. The highest BCUT2D eigenvalue weighted by Gasteiger charge is 2.08. The number of sulfonamides is 1. The summed E-state index contributed by atoms with van der Waals surface area (Å²) in [7, 11) is -1.48. The molecule has 0 saturated carbocycles. The highest BCUT2D eigenvalue weighted by molar-refractivity contribution is 7.89. The molecule has 0 saturated heterocycles. The minimum absolute atomic E-state index is 0.180. The summed E-state index contributed by atoms with van der Waals surface area (Å²) >= 11 is 1.53. The fraction of sp³-hybridized carbons (Fsp3) is 0.700. The number of nitrogens with one attached hydrogen (secondary N) is 1. The molecule has 0 aliphatic heterocycles. The summed E-state index contributed by atoms with van der Waals surface area (Å²) in [5.41, 5.74) is 0.904. The predicted molar refractivity (Wildman–Crippen MR) is 68.6 cm³/mol. The topological polar surface area (TPSA) is 68.3 Å². The van der Waals surface area contributed by atoms with Crippen molar-refractivity contribution in [2.75, 3.05) is 19.4 Å². The molecule has 17 heavy (non-hydrogen) atoms. The van der Waals surface area contributed by atoms with Crippen molar-refractivity contribution in [3.05, 3.63) is 16.1 Å². The normalized spacial score (nSPS) is 11.9. The quantitative estimate of drug-likeness (QED) is 0.775. The molecule has 1 rings (SSSR count). The van der Waals surface area contributed by atoms with E-state index in [1.165, 1.54) is 11.3 Å². The van der Waals surface area contributed by atoms with E-state index in [9.17, 15) is 8.42 Å². The first-order valence-electron chi connectivity index (χ1n) is 5.47. The van der Waals surface area contributed by atoms with Crippen LogP contribution in [0.15, 0.2) is 5.38 Å². The lowest BCUT2D eigenvalue weighted by atomic mass is 10.3. The Labute approximate surface area is 106 Å². The summed E-state index contributed by atoms with van der Waals surface area (Å²) in [5, 5.41) is 2.85. The Balaban J connectivity index is 2.35. The predicted octanol–water partition coefficient (Wildman–Crippen LogP) is 1.16. The lowest BCUT2D eigenvalue weighted by Crippen LogP contribution is -2.28. The van der Waals surface area contributed by atoms with Gasteiger partial charge in [-0.05, 0) is 6.42 Å². The van der Waals surface area contributed by atoms with Gasteiger partial charge in [-0.1, -0.05) is 6.92 Å². The van der Waals surface area contributed by atoms with Crippen molar-refractivity contribution in [3.63, 3.8) is 0 Å². The van der Waals surface area contributed by atoms with Crippen molar-refractivity contribution in [2.24, 2.45) is 0 Å². The first kappa shape index (κ1) is 14.6. The third kappa shape index (κ3) is 5.58. The third-order valence-corrected chi connectivity index (χ3v) is 4.50. The van der Waals surface area contributed by atoms with Crippen LogP contribution in [-0.4, -0.2) is 32.8 Å². The van der Waals surface area contributed by atoms with Crippen molar-refractivity contribution in [2.45, 2.75) is 26.4 Å². The second kappa shape index (κ2) is 7.05. The van der Waals surface area contributed by atoms with Crippen molar-refractivity contribution in [1.82, 2.24) is 9.71 Å². The van der Waals surface area contributed by atoms with E-state index in [0.29, 0.717) is 26.0 Å². The van der Waals surface area contributed by atoms with Crippen LogP contribution < -0.4 is 4.72 Å². The van der Waals surface area contributed by atoms with Gasteiger partial charge < -0.3 is 4.74 Å². The van der Waals surface area contributed by atoms with Crippen molar-refractivity contribution >= 4 is 21.4 Å². The van der Waals surface area contributed by atoms with Gasteiger partial charge in [0, 0.05) is 25.5 Å². The number of rotatable bonds is 8. The van der Waals surface area contributed by atoms with E-state index in [1.807, 2.05) is 12.3 Å². The molecule has 0 aliphatic carbocycles. The van der Waals surface area contributed by atoms with Gasteiger partial charge in [0.05, 0.1) is 18.1 Å². The minimum Gasteiger partial charge on any atom is -0.378 e. The molecule has 98 valence electrons. The number of hydrogen-bond acceptors (Lipinski definition) is 5. The van der Waals surface area contributed by atoms with Gasteiger partial charge >= 0.3 is 0 Å². The maximum Gasteiger partial charge on any atom is 0.211 e. The zero-order valence-corrected chi connectivity index (χ0v) is 11.7. The van der Waals surface area contributed by atoms with Crippen LogP contribution in [0.4, 0.5) is 0 Å². The highest BCUT2D eigenvalue weighted by atomic mass is 32.2. The number of aromatic nitrogens is 1. The van der Waals surface area contributed by atoms with Gasteiger partial charge in [0.25, 0.3) is 0 Å². The summed E-state index contributed by atoms with van der Waals surface area (Å²) in [6, 6.07) is 0. The monoisotopic (exact) mass is 278 g/mol. The Hall–Kier alpha value is -0.500. The molecule has 5 nitrogen and oxygen atoms in total. The van der Waals surface area contributed by atoms with Crippen molar-refractivity contribution < 1.29 is 13.2 Å². The molecular weight excluding hydrogens is 260 g/mol. The van der Waals surface area contributed by atoms with E-state index in [0.717, 1.165) is 10.7 Å². The molecule has 0 aliphatic rings. The Bertz CT molecular complexity index is 429. The summed E-state index contributed by atoms with van der Waals surface area (Å²) in [6.07, 6.45) is 1.24. The van der Waals surface area contributed by atoms with E-state index in [-0.39, 0.29) is 5.75 Å². The molecule has 0 fully saturated rings. The molecule has 0 amide bonds. The SMILES string of the molecule is CCCS(=O)(=O)NCCc1csc(COC)n1. The maximum absolute atomic E-state index is 11.4. The Morgan fingerprint density at radius 1 is 1.53 bits per heavy atom. The summed E-state index contributed by atoms with van der Waals surface area (Å²) in [6.45, 7) is 2.75. The van der Waals surface area contributed by atoms with Crippen LogP contribution in [0.25, 0.3) is 0 Å². The van der Waals surface area contributed by atoms with E-state index < -0.39 is 10.0 Å². The molecule has 1 aromatic rings. The van der Waals surface area contributed by atoms with Crippen LogP contribution in [0.1, 0.15) is 24.0 Å². The second-order valence-electron chi connectivity index (χ2n) is 3.63. The van der Waals surface area contributed by atoms with Crippen LogP contribution >= 0.6 is 11.3 Å². The van der Waals surface area contributed by atoms with Gasteiger partial charge in [-0.2, -0.15) is 0 Å². The van der Waals surface area contributed by atoms with Crippen LogP contribution in [0.3, 0.4) is 0 Å². The maximum atomic E-state index is 11.4. The molecule has 0 spiro atoms. The number of thiazole rings is 1.